The number of nitrogens with one attached hydrogen (secondary N) is 2. The monoisotopic (exact) mass is 257 g/mol. The summed E-state index contributed by atoms with van der Waals surface area (Å²) in [7, 11) is 5.77. The van der Waals surface area contributed by atoms with Gasteiger partial charge in [0.1, 0.15) is 0 Å². The lowest BCUT2D eigenvalue weighted by Crippen LogP contribution is -2.30. The maximum atomic E-state index is 11.7. The van der Waals surface area contributed by atoms with E-state index in [0.29, 0.717) is 12.1 Å². The van der Waals surface area contributed by atoms with Crippen molar-refractivity contribution in [3.63, 3.8) is 0 Å². The van der Waals surface area contributed by atoms with E-state index in [1.165, 1.54) is 0 Å². The van der Waals surface area contributed by atoms with Crippen LogP contribution in [0.15, 0.2) is 24.3 Å². The zero-order valence-electron chi connectivity index (χ0n) is 10.5. The molecule has 0 radical (unpaired) electrons. The molecular weight excluding hydrogens is 238 g/mol. The second kappa shape index (κ2) is 7.92. The van der Waals surface area contributed by atoms with E-state index in [2.05, 4.69) is 10.6 Å². The number of halogens is 1. The van der Waals surface area contributed by atoms with Crippen molar-refractivity contribution in [3.05, 3.63) is 29.8 Å². The molecule has 1 aromatic rings. The first-order valence-electron chi connectivity index (χ1n) is 5.35. The molecule has 0 aliphatic rings. The highest BCUT2D eigenvalue weighted by molar-refractivity contribution is 5.95. The molecule has 0 fully saturated rings. The van der Waals surface area contributed by atoms with Crippen molar-refractivity contribution in [1.29, 1.82) is 0 Å². The molecule has 0 saturated carbocycles. The van der Waals surface area contributed by atoms with Crippen LogP contribution in [0.1, 0.15) is 10.4 Å². The summed E-state index contributed by atoms with van der Waals surface area (Å²) in [6.07, 6.45) is 0. The summed E-state index contributed by atoms with van der Waals surface area (Å²) < 4.78 is 0. The van der Waals surface area contributed by atoms with Crippen LogP contribution in [0.25, 0.3) is 0 Å². The first kappa shape index (κ1) is 15.7. The number of benzene rings is 1. The molecule has 0 saturated heterocycles. The molecule has 0 aliphatic carbocycles. The van der Waals surface area contributed by atoms with Crippen molar-refractivity contribution >= 4 is 24.0 Å². The minimum atomic E-state index is -0.0287. The number of hydrogen-bond donors (Lipinski definition) is 2. The van der Waals surface area contributed by atoms with E-state index < -0.39 is 0 Å². The van der Waals surface area contributed by atoms with E-state index in [1.54, 1.807) is 0 Å². The molecular formula is C12H20ClN3O. The van der Waals surface area contributed by atoms with Gasteiger partial charge in [-0.3, -0.25) is 4.79 Å². The van der Waals surface area contributed by atoms with Crippen LogP contribution in [0.4, 0.5) is 5.69 Å². The summed E-state index contributed by atoms with van der Waals surface area (Å²) in [5, 5.41) is 5.83. The van der Waals surface area contributed by atoms with Crippen LogP contribution in [0.5, 0.6) is 0 Å². The largest absolute Gasteiger partial charge is 0.378 e. The second-order valence-corrected chi connectivity index (χ2v) is 3.80. The molecule has 0 aromatic heterocycles. The van der Waals surface area contributed by atoms with Crippen molar-refractivity contribution in [2.24, 2.45) is 0 Å². The molecule has 0 heterocycles. The number of amides is 1. The Bertz CT molecular complexity index is 355. The lowest BCUT2D eigenvalue weighted by molar-refractivity contribution is 0.0954. The van der Waals surface area contributed by atoms with Gasteiger partial charge >= 0.3 is 0 Å². The van der Waals surface area contributed by atoms with Gasteiger partial charge in [-0.2, -0.15) is 0 Å². The maximum Gasteiger partial charge on any atom is 0.251 e. The molecule has 0 spiro atoms. The molecule has 0 aliphatic heterocycles. The van der Waals surface area contributed by atoms with Gasteiger partial charge in [-0.1, -0.05) is 6.07 Å². The Kier molecular flexibility index (Phi) is 7.34. The molecule has 17 heavy (non-hydrogen) atoms. The summed E-state index contributed by atoms with van der Waals surface area (Å²) in [6.45, 7) is 1.42. The normalized spacial score (nSPS) is 9.35. The molecule has 96 valence electrons. The molecule has 1 rings (SSSR count). The number of carbonyl (C=O) groups is 1. The summed E-state index contributed by atoms with van der Waals surface area (Å²) in [4.78, 5) is 13.7. The van der Waals surface area contributed by atoms with E-state index in [4.69, 9.17) is 0 Å². The van der Waals surface area contributed by atoms with Gasteiger partial charge in [-0.05, 0) is 25.2 Å². The molecule has 0 atom stereocenters. The van der Waals surface area contributed by atoms with Crippen molar-refractivity contribution in [2.45, 2.75) is 0 Å². The lowest BCUT2D eigenvalue weighted by atomic mass is 10.2. The van der Waals surface area contributed by atoms with Gasteiger partial charge in [0.2, 0.25) is 0 Å². The van der Waals surface area contributed by atoms with Crippen LogP contribution >= 0.6 is 12.4 Å². The third-order valence-electron chi connectivity index (χ3n) is 2.29. The minimum Gasteiger partial charge on any atom is -0.378 e. The lowest BCUT2D eigenvalue weighted by Gasteiger charge is -2.13. The fraction of sp³-hybridized carbons (Fsp3) is 0.417. The van der Waals surface area contributed by atoms with Crippen LogP contribution < -0.4 is 15.5 Å². The van der Waals surface area contributed by atoms with Crippen LogP contribution in [-0.2, 0) is 0 Å². The smallest absolute Gasteiger partial charge is 0.251 e. The summed E-state index contributed by atoms with van der Waals surface area (Å²) >= 11 is 0. The maximum absolute atomic E-state index is 11.7. The van der Waals surface area contributed by atoms with Crippen LogP contribution in [-0.4, -0.2) is 40.1 Å². The predicted octanol–water partition coefficient (Wildman–Crippen LogP) is 1.12. The Morgan fingerprint density at radius 1 is 1.29 bits per heavy atom. The number of carbonyl (C=O) groups excluding carboxylic acids is 1. The quantitative estimate of drug-likeness (QED) is 0.778. The molecule has 5 heteroatoms. The van der Waals surface area contributed by atoms with Gasteiger partial charge in [0.25, 0.3) is 5.91 Å². The van der Waals surface area contributed by atoms with Crippen LogP contribution in [0.2, 0.25) is 0 Å². The highest BCUT2D eigenvalue weighted by atomic mass is 35.5. The van der Waals surface area contributed by atoms with Gasteiger partial charge in [-0.15, -0.1) is 12.4 Å². The average Bonchev–Trinajstić information content (AvgIpc) is 2.29. The standard InChI is InChI=1S/C12H19N3O.ClH/c1-13-7-8-14-12(16)10-5-4-6-11(9-10)15(2)3;/h4-6,9,13H,7-8H2,1-3H3,(H,14,16);1H. The molecule has 1 aromatic carbocycles. The Morgan fingerprint density at radius 2 is 2.00 bits per heavy atom. The van der Waals surface area contributed by atoms with Crippen molar-refractivity contribution in [2.75, 3.05) is 39.1 Å². The first-order valence-corrected chi connectivity index (χ1v) is 5.35. The number of rotatable bonds is 5. The fourth-order valence-corrected chi connectivity index (χ4v) is 1.33. The number of anilines is 1. The Labute approximate surface area is 109 Å². The van der Waals surface area contributed by atoms with Gasteiger partial charge in [0, 0.05) is 38.4 Å². The molecule has 2 N–H and O–H groups in total. The van der Waals surface area contributed by atoms with E-state index in [9.17, 15) is 4.79 Å². The Morgan fingerprint density at radius 3 is 2.59 bits per heavy atom. The van der Waals surface area contributed by atoms with E-state index in [1.807, 2.05) is 50.3 Å². The first-order chi connectivity index (χ1) is 7.65. The van der Waals surface area contributed by atoms with Crippen molar-refractivity contribution in [3.8, 4) is 0 Å². The number of nitrogens with zero attached hydrogens (tertiary/aromatic N) is 1. The molecule has 0 unspecified atom stereocenters. The number of likely N-dealkylation sites (N-methyl/N-ethyl adjacent to an activating group) is 1. The van der Waals surface area contributed by atoms with E-state index in [0.717, 1.165) is 12.2 Å². The third kappa shape index (κ3) is 5.06. The third-order valence-corrected chi connectivity index (χ3v) is 2.29. The zero-order chi connectivity index (χ0) is 12.0. The summed E-state index contributed by atoms with van der Waals surface area (Å²) in [5.41, 5.74) is 1.73. The topological polar surface area (TPSA) is 44.4 Å². The van der Waals surface area contributed by atoms with Gasteiger partial charge in [0.15, 0.2) is 0 Å². The summed E-state index contributed by atoms with van der Waals surface area (Å²) in [5.74, 6) is -0.0287. The highest BCUT2D eigenvalue weighted by Gasteiger charge is 2.05. The van der Waals surface area contributed by atoms with Gasteiger partial charge in [0.05, 0.1) is 0 Å². The fourth-order valence-electron chi connectivity index (χ4n) is 1.33. The predicted molar refractivity (Wildman–Crippen MR) is 74.3 cm³/mol. The minimum absolute atomic E-state index is 0. The molecule has 0 bridgehead atoms. The second-order valence-electron chi connectivity index (χ2n) is 3.80. The van der Waals surface area contributed by atoms with Crippen LogP contribution in [0, 0.1) is 0 Å². The van der Waals surface area contributed by atoms with Gasteiger partial charge in [-0.25, -0.2) is 0 Å². The molecule has 1 amide bonds. The SMILES string of the molecule is CNCCNC(=O)c1cccc(N(C)C)c1.Cl. The average molecular weight is 258 g/mol. The Balaban J connectivity index is 0.00000256. The number of hydrogen-bond acceptors (Lipinski definition) is 3. The van der Waals surface area contributed by atoms with E-state index >= 15 is 0 Å². The van der Waals surface area contributed by atoms with Crippen LogP contribution in [0.3, 0.4) is 0 Å². The van der Waals surface area contributed by atoms with E-state index in [-0.39, 0.29) is 18.3 Å². The summed E-state index contributed by atoms with van der Waals surface area (Å²) in [6, 6.07) is 7.57. The van der Waals surface area contributed by atoms with Gasteiger partial charge < -0.3 is 15.5 Å². The van der Waals surface area contributed by atoms with Crippen molar-refractivity contribution < 1.29 is 4.79 Å². The highest BCUT2D eigenvalue weighted by Crippen LogP contribution is 2.12. The Hall–Kier alpha value is -1.26. The van der Waals surface area contributed by atoms with Crippen molar-refractivity contribution in [1.82, 2.24) is 10.6 Å². The zero-order valence-corrected chi connectivity index (χ0v) is 11.3. The molecule has 4 nitrogen and oxygen atoms in total.